The van der Waals surface area contributed by atoms with Crippen molar-refractivity contribution in [3.63, 3.8) is 0 Å². The molecule has 0 bridgehead atoms. The molecule has 0 fully saturated rings. The van der Waals surface area contributed by atoms with Crippen LogP contribution in [0.4, 0.5) is 8.78 Å². The molecule has 4 aromatic carbocycles. The van der Waals surface area contributed by atoms with Crippen molar-refractivity contribution in [3.8, 4) is 16.9 Å². The Morgan fingerprint density at radius 2 is 1.55 bits per heavy atom. The number of aliphatic imine (C=N–C) groups is 1. The smallest absolute Gasteiger partial charge is 0.306 e. The predicted octanol–water partition coefficient (Wildman–Crippen LogP) is 6.64. The Morgan fingerprint density at radius 1 is 0.902 bits per heavy atom. The fraction of sp³-hybridized carbons (Fsp3) is 0.325. The van der Waals surface area contributed by atoms with Crippen molar-refractivity contribution in [2.24, 2.45) is 4.99 Å². The number of carbonyl (C=O) groups is 2. The molecule has 5 rings (SSSR count). The van der Waals surface area contributed by atoms with E-state index in [1.165, 1.54) is 12.1 Å². The first-order chi connectivity index (χ1) is 24.5. The van der Waals surface area contributed by atoms with Gasteiger partial charge in [-0.05, 0) is 92.3 Å². The first kappa shape index (κ1) is 37.1. The molecule has 1 aliphatic rings. The average molecular weight is 700 g/mol. The van der Waals surface area contributed by atoms with Gasteiger partial charge in [0.2, 0.25) is 5.90 Å². The summed E-state index contributed by atoms with van der Waals surface area (Å²) in [5.41, 5.74) is 6.88. The van der Waals surface area contributed by atoms with Crippen molar-refractivity contribution in [2.75, 3.05) is 19.8 Å². The number of hydrogen-bond donors (Lipinski definition) is 3. The predicted molar refractivity (Wildman–Crippen MR) is 190 cm³/mol. The Kier molecular flexibility index (Phi) is 12.2. The Morgan fingerprint density at radius 3 is 2.20 bits per heavy atom. The van der Waals surface area contributed by atoms with E-state index < -0.39 is 40.8 Å². The van der Waals surface area contributed by atoms with Crippen LogP contribution in [0.5, 0.6) is 5.75 Å². The molecule has 9 nitrogen and oxygen atoms in total. The molecule has 268 valence electrons. The fourth-order valence-electron chi connectivity index (χ4n) is 5.75. The molecule has 0 spiro atoms. The molecule has 0 saturated heterocycles. The van der Waals surface area contributed by atoms with Crippen LogP contribution in [0.2, 0.25) is 0 Å². The van der Waals surface area contributed by atoms with E-state index in [9.17, 15) is 18.4 Å². The van der Waals surface area contributed by atoms with Gasteiger partial charge < -0.3 is 19.3 Å². The highest BCUT2D eigenvalue weighted by atomic mass is 19.1. The maximum absolute atomic E-state index is 14.4. The van der Waals surface area contributed by atoms with Crippen molar-refractivity contribution in [1.82, 2.24) is 10.9 Å². The van der Waals surface area contributed by atoms with Crippen LogP contribution in [-0.4, -0.2) is 53.8 Å². The molecular formula is C40H43F2N3O6. The molecule has 3 N–H and O–H groups in total. The van der Waals surface area contributed by atoms with Gasteiger partial charge in [-0.15, -0.1) is 0 Å². The van der Waals surface area contributed by atoms with Gasteiger partial charge in [0, 0.05) is 37.6 Å². The number of nitrogens with zero attached hydrogens (tertiary/aromatic N) is 1. The molecule has 11 heteroatoms. The first-order valence-corrected chi connectivity index (χ1v) is 16.9. The zero-order chi connectivity index (χ0) is 36.4. The number of amides is 1. The van der Waals surface area contributed by atoms with Crippen molar-refractivity contribution in [1.29, 1.82) is 0 Å². The van der Waals surface area contributed by atoms with Gasteiger partial charge >= 0.3 is 5.97 Å². The normalized spacial score (nSPS) is 17.0. The lowest BCUT2D eigenvalue weighted by Crippen LogP contribution is -2.53. The van der Waals surface area contributed by atoms with Gasteiger partial charge in [-0.3, -0.25) is 15.0 Å². The number of hydrogen-bond acceptors (Lipinski definition) is 8. The number of benzene rings is 4. The summed E-state index contributed by atoms with van der Waals surface area (Å²) in [4.78, 5) is 32.3. The topological polar surface area (TPSA) is 118 Å². The summed E-state index contributed by atoms with van der Waals surface area (Å²) < 4.78 is 45.3. The van der Waals surface area contributed by atoms with E-state index in [0.29, 0.717) is 35.5 Å². The largest absolute Gasteiger partial charge is 0.494 e. The van der Waals surface area contributed by atoms with Crippen molar-refractivity contribution >= 4 is 17.8 Å². The maximum Gasteiger partial charge on any atom is 0.306 e. The van der Waals surface area contributed by atoms with E-state index in [-0.39, 0.29) is 38.3 Å². The van der Waals surface area contributed by atoms with Crippen LogP contribution in [-0.2, 0) is 25.5 Å². The van der Waals surface area contributed by atoms with Crippen LogP contribution in [0, 0.1) is 11.6 Å². The molecule has 51 heavy (non-hydrogen) atoms. The number of nitrogens with one attached hydrogen (secondary N) is 2. The minimum absolute atomic E-state index is 0.0160. The number of aliphatic hydroxyl groups is 1. The Labute approximate surface area is 296 Å². The lowest BCUT2D eigenvalue weighted by molar-refractivity contribution is -0.155. The third-order valence-corrected chi connectivity index (χ3v) is 8.14. The Balaban J connectivity index is 1.47. The number of aliphatic hydroxyl groups excluding tert-OH is 1. The lowest BCUT2D eigenvalue weighted by atomic mass is 9.83. The third kappa shape index (κ3) is 9.99. The highest BCUT2D eigenvalue weighted by Crippen LogP contribution is 2.44. The summed E-state index contributed by atoms with van der Waals surface area (Å²) in [5, 5.41) is 9.09. The molecule has 0 radical (unpaired) electrons. The van der Waals surface area contributed by atoms with Gasteiger partial charge in [0.15, 0.2) is 11.6 Å². The number of ether oxygens (including phenoxy) is 3. The molecule has 1 heterocycles. The van der Waals surface area contributed by atoms with Gasteiger partial charge in [-0.25, -0.2) is 19.2 Å². The molecular weight excluding hydrogens is 656 g/mol. The van der Waals surface area contributed by atoms with Crippen LogP contribution in [0.25, 0.3) is 11.1 Å². The average Bonchev–Trinajstić information content (AvgIpc) is 3.50. The van der Waals surface area contributed by atoms with E-state index in [4.69, 9.17) is 24.3 Å². The van der Waals surface area contributed by atoms with Gasteiger partial charge in [0.1, 0.15) is 23.0 Å². The van der Waals surface area contributed by atoms with Gasteiger partial charge in [-0.1, -0.05) is 54.6 Å². The van der Waals surface area contributed by atoms with Crippen molar-refractivity contribution in [3.05, 3.63) is 125 Å². The van der Waals surface area contributed by atoms with Crippen LogP contribution in [0.3, 0.4) is 0 Å². The summed E-state index contributed by atoms with van der Waals surface area (Å²) in [6.45, 7) is 5.83. The number of rotatable bonds is 15. The molecule has 1 aliphatic heterocycles. The molecule has 0 aromatic heterocycles. The summed E-state index contributed by atoms with van der Waals surface area (Å²) in [6, 6.07) is 27.8. The Hall–Kier alpha value is -5.13. The highest BCUT2D eigenvalue weighted by Gasteiger charge is 2.53. The summed E-state index contributed by atoms with van der Waals surface area (Å²) in [6.07, 6.45) is -0.419. The van der Waals surface area contributed by atoms with E-state index in [2.05, 4.69) is 10.9 Å². The van der Waals surface area contributed by atoms with Gasteiger partial charge in [-0.2, -0.15) is 0 Å². The van der Waals surface area contributed by atoms with E-state index >= 15 is 0 Å². The van der Waals surface area contributed by atoms with Crippen LogP contribution in [0.1, 0.15) is 62.8 Å². The summed E-state index contributed by atoms with van der Waals surface area (Å²) in [7, 11) is 0. The first-order valence-electron chi connectivity index (χ1n) is 16.9. The summed E-state index contributed by atoms with van der Waals surface area (Å²) in [5.74, 6) is -1.65. The lowest BCUT2D eigenvalue weighted by Gasteiger charge is -2.31. The fourth-order valence-corrected chi connectivity index (χ4v) is 5.75. The molecule has 0 aliphatic carbocycles. The molecule has 4 aromatic rings. The van der Waals surface area contributed by atoms with Crippen molar-refractivity contribution in [2.45, 2.75) is 63.7 Å². The zero-order valence-electron chi connectivity index (χ0n) is 29.0. The molecule has 0 unspecified atom stereocenters. The minimum atomic E-state index is -1.63. The quantitative estimate of drug-likeness (QED) is 0.0724. The minimum Gasteiger partial charge on any atom is -0.494 e. The molecule has 2 atom stereocenters. The standard InChI is InChI=1S/C40H43F2N3O6/c1-39(2,3)51-35(47)18-20-40(38(48)45-43-21-19-27-24-32(41)26-33(42)25-27)36(30-12-10-29(11-13-30)28-8-5-4-6-9-28)50-37(44-40)31-14-16-34(17-15-31)49-23-7-22-46/h4-6,8-17,24-26,36,43,46H,7,18-23H2,1-3H3,(H,45,48)/t36-,40-/m0/s1. The maximum atomic E-state index is 14.4. The van der Waals surface area contributed by atoms with Gasteiger partial charge in [0.05, 0.1) is 6.61 Å². The van der Waals surface area contributed by atoms with Crippen molar-refractivity contribution < 1.29 is 37.7 Å². The number of esters is 1. The second-order valence-electron chi connectivity index (χ2n) is 13.3. The monoisotopic (exact) mass is 699 g/mol. The van der Waals surface area contributed by atoms with Gasteiger partial charge in [0.25, 0.3) is 5.91 Å². The SMILES string of the molecule is CC(C)(C)OC(=O)CC[C@]1(C(=O)NNCCc2cc(F)cc(F)c2)N=C(c2ccc(OCCCO)cc2)O[C@H]1c1ccc(-c2ccccc2)cc1. The number of hydrazine groups is 1. The summed E-state index contributed by atoms with van der Waals surface area (Å²) >= 11 is 0. The second kappa shape index (κ2) is 16.7. The van der Waals surface area contributed by atoms with E-state index in [1.807, 2.05) is 54.6 Å². The van der Waals surface area contributed by atoms with E-state index in [0.717, 1.165) is 17.2 Å². The number of carbonyl (C=O) groups excluding carboxylic acids is 2. The Bertz CT molecular complexity index is 1790. The molecule has 1 amide bonds. The third-order valence-electron chi connectivity index (χ3n) is 8.14. The zero-order valence-corrected chi connectivity index (χ0v) is 29.0. The highest BCUT2D eigenvalue weighted by molar-refractivity contribution is 6.01. The molecule has 0 saturated carbocycles. The second-order valence-corrected chi connectivity index (χ2v) is 13.3. The van der Waals surface area contributed by atoms with Crippen LogP contribution >= 0.6 is 0 Å². The van der Waals surface area contributed by atoms with E-state index in [1.54, 1.807) is 45.0 Å². The van der Waals surface area contributed by atoms with Crippen LogP contribution in [0.15, 0.2) is 102 Å². The van der Waals surface area contributed by atoms with Crippen LogP contribution < -0.4 is 15.6 Å². The number of halogens is 2.